The molecule has 0 saturated carbocycles. The van der Waals surface area contributed by atoms with Crippen molar-refractivity contribution < 1.29 is 23.0 Å². The molecule has 124 valence electrons. The van der Waals surface area contributed by atoms with Crippen LogP contribution in [0.25, 0.3) is 0 Å². The number of carbonyl (C=O) groups is 1. The second kappa shape index (κ2) is 7.92. The first-order valence-electron chi connectivity index (χ1n) is 7.01. The van der Waals surface area contributed by atoms with Crippen LogP contribution in [-0.2, 0) is 4.79 Å². The molecule has 0 heterocycles. The van der Waals surface area contributed by atoms with Crippen LogP contribution in [0.5, 0.6) is 11.5 Å². The zero-order valence-electron chi connectivity index (χ0n) is 12.7. The topological polar surface area (TPSA) is 71.3 Å². The second-order valence-electron chi connectivity index (χ2n) is 4.76. The summed E-state index contributed by atoms with van der Waals surface area (Å²) < 4.78 is 33.9. The molecule has 24 heavy (non-hydrogen) atoms. The number of rotatable bonds is 6. The third-order valence-electron chi connectivity index (χ3n) is 3.03. The minimum atomic E-state index is -2.90. The summed E-state index contributed by atoms with van der Waals surface area (Å²) in [6.07, 6.45) is -0.850. The van der Waals surface area contributed by atoms with E-state index < -0.39 is 18.6 Å². The smallest absolute Gasteiger partial charge is 0.387 e. The molecule has 0 aliphatic rings. The predicted octanol–water partition coefficient (Wildman–Crippen LogP) is 3.57. The van der Waals surface area contributed by atoms with E-state index in [-0.39, 0.29) is 5.75 Å². The quantitative estimate of drug-likeness (QED) is 0.878. The maximum atomic E-state index is 12.1. The van der Waals surface area contributed by atoms with Gasteiger partial charge in [0.05, 0.1) is 5.56 Å². The Morgan fingerprint density at radius 3 is 2.42 bits per heavy atom. The number of hydrogen-bond donors (Lipinski definition) is 1. The molecule has 0 bridgehead atoms. The van der Waals surface area contributed by atoms with Crippen LogP contribution in [0.4, 0.5) is 14.5 Å². The third kappa shape index (κ3) is 4.68. The molecular weight excluding hydrogens is 318 g/mol. The van der Waals surface area contributed by atoms with Crippen molar-refractivity contribution >= 4 is 11.6 Å². The van der Waals surface area contributed by atoms with E-state index in [9.17, 15) is 13.6 Å². The summed E-state index contributed by atoms with van der Waals surface area (Å²) in [6, 6.07) is 14.1. The molecule has 0 aliphatic carbocycles. The highest BCUT2D eigenvalue weighted by Crippen LogP contribution is 2.20. The molecule has 0 aliphatic heterocycles. The molecule has 0 radical (unpaired) electrons. The Morgan fingerprint density at radius 2 is 1.79 bits per heavy atom. The van der Waals surface area contributed by atoms with Gasteiger partial charge in [-0.2, -0.15) is 14.0 Å². The summed E-state index contributed by atoms with van der Waals surface area (Å²) in [5.41, 5.74) is 0.733. The summed E-state index contributed by atoms with van der Waals surface area (Å²) in [5.74, 6) is -0.135. The van der Waals surface area contributed by atoms with Gasteiger partial charge < -0.3 is 14.8 Å². The lowest BCUT2D eigenvalue weighted by atomic mass is 10.2. The number of anilines is 1. The van der Waals surface area contributed by atoms with Crippen LogP contribution in [0.1, 0.15) is 12.5 Å². The van der Waals surface area contributed by atoms with Crippen LogP contribution >= 0.6 is 0 Å². The van der Waals surface area contributed by atoms with Gasteiger partial charge in [-0.3, -0.25) is 4.79 Å². The number of carbonyl (C=O) groups excluding carboxylic acids is 1. The van der Waals surface area contributed by atoms with E-state index in [1.165, 1.54) is 31.2 Å². The average Bonchev–Trinajstić information content (AvgIpc) is 2.56. The maximum Gasteiger partial charge on any atom is 0.387 e. The maximum absolute atomic E-state index is 12.1. The van der Waals surface area contributed by atoms with Gasteiger partial charge in [0.15, 0.2) is 6.10 Å². The van der Waals surface area contributed by atoms with Gasteiger partial charge >= 0.3 is 6.61 Å². The Morgan fingerprint density at radius 1 is 1.12 bits per heavy atom. The van der Waals surface area contributed by atoms with Gasteiger partial charge in [0, 0.05) is 5.69 Å². The molecule has 2 aromatic rings. The number of amides is 1. The first-order chi connectivity index (χ1) is 11.5. The largest absolute Gasteiger partial charge is 0.480 e. The van der Waals surface area contributed by atoms with Crippen molar-refractivity contribution in [3.05, 3.63) is 54.1 Å². The fourth-order valence-electron chi connectivity index (χ4n) is 1.87. The number of ether oxygens (including phenoxy) is 2. The number of nitrogens with zero attached hydrogens (tertiary/aromatic N) is 1. The standard InChI is InChI=1S/C17H14F2N2O3/c1-11(23-15-5-3-2-4-12(15)10-20)16(22)21-13-6-8-14(9-7-13)24-17(18)19/h2-9,11,17H,1H3,(H,21,22). The first-order valence-corrected chi connectivity index (χ1v) is 7.01. The average molecular weight is 332 g/mol. The summed E-state index contributed by atoms with van der Waals surface area (Å²) in [5, 5.41) is 11.6. The number of para-hydroxylation sites is 1. The number of halogens is 2. The molecule has 5 nitrogen and oxygen atoms in total. The Balaban J connectivity index is 1.97. The van der Waals surface area contributed by atoms with E-state index in [0.29, 0.717) is 17.0 Å². The lowest BCUT2D eigenvalue weighted by Crippen LogP contribution is -2.30. The zero-order chi connectivity index (χ0) is 17.5. The van der Waals surface area contributed by atoms with Crippen molar-refractivity contribution in [2.75, 3.05) is 5.32 Å². The van der Waals surface area contributed by atoms with Gasteiger partial charge in [0.2, 0.25) is 0 Å². The van der Waals surface area contributed by atoms with E-state index in [2.05, 4.69) is 10.1 Å². The molecule has 0 fully saturated rings. The van der Waals surface area contributed by atoms with Crippen LogP contribution in [0.15, 0.2) is 48.5 Å². The summed E-state index contributed by atoms with van der Waals surface area (Å²) in [4.78, 5) is 12.1. The fourth-order valence-corrected chi connectivity index (χ4v) is 1.87. The lowest BCUT2D eigenvalue weighted by molar-refractivity contribution is -0.122. The molecule has 2 rings (SSSR count). The van der Waals surface area contributed by atoms with Crippen LogP contribution in [0, 0.1) is 11.3 Å². The highest BCUT2D eigenvalue weighted by molar-refractivity contribution is 5.94. The van der Waals surface area contributed by atoms with Gasteiger partial charge in [-0.1, -0.05) is 12.1 Å². The highest BCUT2D eigenvalue weighted by atomic mass is 19.3. The minimum absolute atomic E-state index is 0.00440. The van der Waals surface area contributed by atoms with Gasteiger partial charge in [-0.05, 0) is 43.3 Å². The normalized spacial score (nSPS) is 11.5. The second-order valence-corrected chi connectivity index (χ2v) is 4.76. The number of nitriles is 1. The van der Waals surface area contributed by atoms with Crippen LogP contribution in [0.2, 0.25) is 0 Å². The van der Waals surface area contributed by atoms with Gasteiger partial charge in [-0.25, -0.2) is 0 Å². The van der Waals surface area contributed by atoms with Crippen molar-refractivity contribution in [3.63, 3.8) is 0 Å². The summed E-state index contributed by atoms with van der Waals surface area (Å²) >= 11 is 0. The monoisotopic (exact) mass is 332 g/mol. The Labute approximate surface area is 137 Å². The van der Waals surface area contributed by atoms with E-state index in [1.807, 2.05) is 6.07 Å². The van der Waals surface area contributed by atoms with E-state index >= 15 is 0 Å². The molecule has 0 saturated heterocycles. The number of hydrogen-bond acceptors (Lipinski definition) is 4. The van der Waals surface area contributed by atoms with Crippen molar-refractivity contribution in [3.8, 4) is 17.6 Å². The summed E-state index contributed by atoms with van der Waals surface area (Å²) in [6.45, 7) is -1.36. The fraction of sp³-hybridized carbons (Fsp3) is 0.176. The SMILES string of the molecule is CC(Oc1ccccc1C#N)C(=O)Nc1ccc(OC(F)F)cc1. The Kier molecular flexibility index (Phi) is 5.68. The molecule has 1 unspecified atom stereocenters. The van der Waals surface area contributed by atoms with Crippen molar-refractivity contribution in [2.45, 2.75) is 19.6 Å². The van der Waals surface area contributed by atoms with Gasteiger partial charge in [-0.15, -0.1) is 0 Å². The minimum Gasteiger partial charge on any atom is -0.480 e. The van der Waals surface area contributed by atoms with Crippen LogP contribution in [0.3, 0.4) is 0 Å². The van der Waals surface area contributed by atoms with Crippen molar-refractivity contribution in [1.82, 2.24) is 0 Å². The van der Waals surface area contributed by atoms with E-state index in [1.54, 1.807) is 24.3 Å². The zero-order valence-corrected chi connectivity index (χ0v) is 12.7. The lowest BCUT2D eigenvalue weighted by Gasteiger charge is -2.15. The molecule has 7 heteroatoms. The predicted molar refractivity (Wildman–Crippen MR) is 83.0 cm³/mol. The summed E-state index contributed by atoms with van der Waals surface area (Å²) in [7, 11) is 0. The molecule has 0 spiro atoms. The van der Waals surface area contributed by atoms with Gasteiger partial charge in [0.1, 0.15) is 17.6 Å². The number of nitrogens with one attached hydrogen (secondary N) is 1. The van der Waals surface area contributed by atoms with Gasteiger partial charge in [0.25, 0.3) is 5.91 Å². The van der Waals surface area contributed by atoms with Crippen LogP contribution < -0.4 is 14.8 Å². The van der Waals surface area contributed by atoms with E-state index in [4.69, 9.17) is 10.00 Å². The molecule has 2 aromatic carbocycles. The molecule has 1 amide bonds. The molecule has 1 N–H and O–H groups in total. The number of alkyl halides is 2. The van der Waals surface area contributed by atoms with Crippen molar-refractivity contribution in [2.24, 2.45) is 0 Å². The first kappa shape index (κ1) is 17.2. The third-order valence-corrected chi connectivity index (χ3v) is 3.03. The molecule has 0 aromatic heterocycles. The highest BCUT2D eigenvalue weighted by Gasteiger charge is 2.16. The molecule has 1 atom stereocenters. The number of benzene rings is 2. The van der Waals surface area contributed by atoms with Crippen molar-refractivity contribution in [1.29, 1.82) is 5.26 Å². The van der Waals surface area contributed by atoms with E-state index in [0.717, 1.165) is 0 Å². The molecular formula is C17H14F2N2O3. The Bertz CT molecular complexity index is 742. The Hall–Kier alpha value is -3.14. The van der Waals surface area contributed by atoms with Crippen LogP contribution in [-0.4, -0.2) is 18.6 Å².